The monoisotopic (exact) mass is 343 g/mol. The minimum Gasteiger partial charge on any atom is -0.367 e. The number of anilines is 1. The summed E-state index contributed by atoms with van der Waals surface area (Å²) in [5.41, 5.74) is 0.625. The summed E-state index contributed by atoms with van der Waals surface area (Å²) in [4.78, 5) is 22.4. The van der Waals surface area contributed by atoms with Gasteiger partial charge in [-0.2, -0.15) is 0 Å². The number of imidazole rings is 1. The first-order valence-corrected chi connectivity index (χ1v) is 7.91. The number of benzene rings is 1. The van der Waals surface area contributed by atoms with Crippen LogP contribution in [0.3, 0.4) is 0 Å². The Morgan fingerprint density at radius 3 is 3.00 bits per heavy atom. The van der Waals surface area contributed by atoms with Crippen LogP contribution in [-0.2, 0) is 0 Å². The van der Waals surface area contributed by atoms with Gasteiger partial charge in [-0.25, -0.2) is 18.7 Å². The van der Waals surface area contributed by atoms with Gasteiger partial charge < -0.3 is 10.2 Å². The fourth-order valence-electron chi connectivity index (χ4n) is 3.03. The predicted octanol–water partition coefficient (Wildman–Crippen LogP) is 2.02. The summed E-state index contributed by atoms with van der Waals surface area (Å²) in [6, 6.07) is 5.14. The van der Waals surface area contributed by atoms with Crippen molar-refractivity contribution < 1.29 is 13.6 Å². The molecule has 1 aliphatic rings. The summed E-state index contributed by atoms with van der Waals surface area (Å²) in [5, 5.41) is 2.91. The third kappa shape index (κ3) is 3.02. The number of hydrogen-bond donors (Lipinski definition) is 1. The van der Waals surface area contributed by atoms with Crippen LogP contribution in [0.4, 0.5) is 14.5 Å². The van der Waals surface area contributed by atoms with Crippen molar-refractivity contribution in [2.75, 3.05) is 18.0 Å². The number of nitrogens with one attached hydrogen (secondary N) is 1. The maximum absolute atomic E-state index is 13.9. The van der Waals surface area contributed by atoms with Gasteiger partial charge in [0.25, 0.3) is 5.91 Å². The van der Waals surface area contributed by atoms with Crippen molar-refractivity contribution in [2.24, 2.45) is 0 Å². The molecule has 1 amide bonds. The van der Waals surface area contributed by atoms with E-state index in [-0.39, 0.29) is 17.6 Å². The van der Waals surface area contributed by atoms with Gasteiger partial charge in [0.2, 0.25) is 5.78 Å². The van der Waals surface area contributed by atoms with Gasteiger partial charge in [-0.3, -0.25) is 9.20 Å². The van der Waals surface area contributed by atoms with Gasteiger partial charge in [0.05, 0.1) is 5.69 Å². The zero-order valence-corrected chi connectivity index (χ0v) is 13.2. The van der Waals surface area contributed by atoms with Crippen LogP contribution < -0.4 is 10.2 Å². The molecule has 1 aromatic carbocycles. The number of carbonyl (C=O) groups is 1. The maximum atomic E-state index is 13.9. The van der Waals surface area contributed by atoms with Gasteiger partial charge in [-0.15, -0.1) is 0 Å². The number of aromatic nitrogens is 3. The minimum atomic E-state index is -0.606. The van der Waals surface area contributed by atoms with Crippen molar-refractivity contribution in [2.45, 2.75) is 12.5 Å². The summed E-state index contributed by atoms with van der Waals surface area (Å²) in [7, 11) is 0. The van der Waals surface area contributed by atoms with Crippen LogP contribution in [0.25, 0.3) is 5.78 Å². The highest BCUT2D eigenvalue weighted by Gasteiger charge is 2.26. The molecule has 0 saturated carbocycles. The molecular weight excluding hydrogens is 328 g/mol. The van der Waals surface area contributed by atoms with E-state index in [2.05, 4.69) is 15.3 Å². The lowest BCUT2D eigenvalue weighted by Crippen LogP contribution is -2.37. The molecule has 1 saturated heterocycles. The Labute approximate surface area is 142 Å². The van der Waals surface area contributed by atoms with Crippen molar-refractivity contribution in [1.29, 1.82) is 0 Å². The lowest BCUT2D eigenvalue weighted by molar-refractivity contribution is 0.0936. The molecule has 3 aromatic rings. The van der Waals surface area contributed by atoms with E-state index in [0.717, 1.165) is 6.07 Å². The van der Waals surface area contributed by atoms with Crippen LogP contribution in [0.1, 0.15) is 16.9 Å². The molecule has 1 aliphatic heterocycles. The molecule has 1 unspecified atom stereocenters. The van der Waals surface area contributed by atoms with E-state index in [1.807, 2.05) is 0 Å². The number of fused-ring (bicyclic) bond motifs is 1. The van der Waals surface area contributed by atoms with Gasteiger partial charge in [0.15, 0.2) is 0 Å². The largest absolute Gasteiger partial charge is 0.367 e. The number of hydrogen-bond acceptors (Lipinski definition) is 4. The SMILES string of the molecule is O=C(NC1CCN(c2ccc(F)cc2F)C1)c1cn2cccnc2n1. The van der Waals surface area contributed by atoms with Crippen molar-refractivity contribution in [3.63, 3.8) is 0 Å². The molecule has 6 nitrogen and oxygen atoms in total. The van der Waals surface area contributed by atoms with Gasteiger partial charge in [-0.05, 0) is 24.6 Å². The number of halogens is 2. The first-order valence-electron chi connectivity index (χ1n) is 7.91. The average molecular weight is 343 g/mol. The molecule has 128 valence electrons. The Kier molecular flexibility index (Phi) is 3.79. The van der Waals surface area contributed by atoms with E-state index in [1.54, 1.807) is 34.0 Å². The second-order valence-electron chi connectivity index (χ2n) is 5.95. The number of carbonyl (C=O) groups excluding carboxylic acids is 1. The summed E-state index contributed by atoms with van der Waals surface area (Å²) in [6.07, 6.45) is 5.66. The van der Waals surface area contributed by atoms with Crippen LogP contribution in [-0.4, -0.2) is 39.4 Å². The van der Waals surface area contributed by atoms with Gasteiger partial charge in [0.1, 0.15) is 17.3 Å². The van der Waals surface area contributed by atoms with Crippen molar-refractivity contribution >= 4 is 17.4 Å². The molecule has 0 aliphatic carbocycles. The molecule has 1 fully saturated rings. The molecule has 0 bridgehead atoms. The topological polar surface area (TPSA) is 62.5 Å². The molecule has 1 N–H and O–H groups in total. The van der Waals surface area contributed by atoms with Crippen LogP contribution in [0.5, 0.6) is 0 Å². The molecule has 4 rings (SSSR count). The summed E-state index contributed by atoms with van der Waals surface area (Å²) >= 11 is 0. The van der Waals surface area contributed by atoms with Gasteiger partial charge in [0, 0.05) is 43.8 Å². The van der Waals surface area contributed by atoms with E-state index in [1.165, 1.54) is 12.1 Å². The summed E-state index contributed by atoms with van der Waals surface area (Å²) in [5.74, 6) is -1.05. The Morgan fingerprint density at radius 1 is 1.32 bits per heavy atom. The predicted molar refractivity (Wildman–Crippen MR) is 87.4 cm³/mol. The first kappa shape index (κ1) is 15.5. The Bertz CT molecular complexity index is 909. The smallest absolute Gasteiger partial charge is 0.271 e. The van der Waals surface area contributed by atoms with Crippen molar-refractivity contribution in [3.8, 4) is 0 Å². The molecule has 2 aromatic heterocycles. The number of rotatable bonds is 3. The summed E-state index contributed by atoms with van der Waals surface area (Å²) in [6.45, 7) is 1.04. The zero-order valence-electron chi connectivity index (χ0n) is 13.2. The molecule has 25 heavy (non-hydrogen) atoms. The van der Waals surface area contributed by atoms with Crippen LogP contribution in [0.15, 0.2) is 42.9 Å². The van der Waals surface area contributed by atoms with E-state index in [9.17, 15) is 13.6 Å². The van der Waals surface area contributed by atoms with Gasteiger partial charge in [-0.1, -0.05) is 0 Å². The average Bonchev–Trinajstić information content (AvgIpc) is 3.21. The number of nitrogens with zero attached hydrogens (tertiary/aromatic N) is 4. The van der Waals surface area contributed by atoms with E-state index >= 15 is 0 Å². The highest BCUT2D eigenvalue weighted by molar-refractivity contribution is 5.93. The van der Waals surface area contributed by atoms with E-state index in [4.69, 9.17) is 0 Å². The van der Waals surface area contributed by atoms with Crippen molar-refractivity contribution in [3.05, 3.63) is 60.2 Å². The Morgan fingerprint density at radius 2 is 2.20 bits per heavy atom. The Hall–Kier alpha value is -3.03. The lowest BCUT2D eigenvalue weighted by atomic mass is 10.2. The zero-order chi connectivity index (χ0) is 17.4. The van der Waals surface area contributed by atoms with E-state index in [0.29, 0.717) is 31.0 Å². The normalized spacial score (nSPS) is 17.2. The molecule has 3 heterocycles. The molecule has 0 spiro atoms. The minimum absolute atomic E-state index is 0.130. The summed E-state index contributed by atoms with van der Waals surface area (Å²) < 4.78 is 28.6. The Balaban J connectivity index is 1.44. The molecular formula is C17H15F2N5O. The second kappa shape index (κ2) is 6.12. The highest BCUT2D eigenvalue weighted by Crippen LogP contribution is 2.24. The third-order valence-electron chi connectivity index (χ3n) is 4.24. The standard InChI is InChI=1S/C17H15F2N5O/c18-11-2-3-15(13(19)8-11)23-7-4-12(9-23)21-16(25)14-10-24-6-1-5-20-17(24)22-14/h1-3,5-6,8,10,12H,4,7,9H2,(H,21,25). The van der Waals surface area contributed by atoms with Crippen LogP contribution >= 0.6 is 0 Å². The molecule has 8 heteroatoms. The number of amides is 1. The highest BCUT2D eigenvalue weighted by atomic mass is 19.1. The van der Waals surface area contributed by atoms with E-state index < -0.39 is 11.6 Å². The quantitative estimate of drug-likeness (QED) is 0.790. The van der Waals surface area contributed by atoms with Crippen molar-refractivity contribution in [1.82, 2.24) is 19.7 Å². The lowest BCUT2D eigenvalue weighted by Gasteiger charge is -2.19. The van der Waals surface area contributed by atoms with Gasteiger partial charge >= 0.3 is 0 Å². The molecule has 0 radical (unpaired) electrons. The fraction of sp³-hybridized carbons (Fsp3) is 0.235. The third-order valence-corrected chi connectivity index (χ3v) is 4.24. The first-order chi connectivity index (χ1) is 12.1. The van der Waals surface area contributed by atoms with Crippen LogP contribution in [0.2, 0.25) is 0 Å². The maximum Gasteiger partial charge on any atom is 0.271 e. The van der Waals surface area contributed by atoms with Crippen LogP contribution in [0, 0.1) is 11.6 Å². The fourth-order valence-corrected chi connectivity index (χ4v) is 3.03. The second-order valence-corrected chi connectivity index (χ2v) is 5.95. The molecule has 1 atom stereocenters.